The first-order valence-electron chi connectivity index (χ1n) is 22.2. The molecule has 14 heteroatoms. The van der Waals surface area contributed by atoms with Gasteiger partial charge in [0.05, 0.1) is 25.4 Å². The summed E-state index contributed by atoms with van der Waals surface area (Å²) in [5, 5.41) is 54.9. The minimum absolute atomic E-state index is 0.245. The molecule has 0 aromatic heterocycles. The molecule has 1 rings (SSSR count). The highest BCUT2D eigenvalue weighted by Gasteiger charge is 2.48. The molecule has 0 aromatic carbocycles. The number of nitrogens with one attached hydrogen (secondary N) is 1. The molecule has 0 aromatic rings. The first-order chi connectivity index (χ1) is 26.9. The summed E-state index contributed by atoms with van der Waals surface area (Å²) in [4.78, 5) is 13.0. The minimum atomic E-state index is -5.11. The second-order valence-electron chi connectivity index (χ2n) is 15.8. The van der Waals surface area contributed by atoms with Gasteiger partial charge in [0.25, 0.3) is 0 Å². The van der Waals surface area contributed by atoms with E-state index in [1.165, 1.54) is 122 Å². The molecule has 332 valence electrons. The van der Waals surface area contributed by atoms with E-state index in [1.54, 1.807) is 0 Å². The smallest absolute Gasteiger partial charge is 0.394 e. The standard InChI is InChI=1S/C42H81NO12S/c1-3-5-7-9-11-13-14-15-16-17-18-19-20-21-22-23-25-26-28-30-35(45)34(43-41(49)36(46)31-29-27-24-12-10-8-6-4-2)33-53-42-39(48)40(55-56(50,51)52)38(47)37(32-44)54-42/h28,30,34-40,42,44-48H,3-27,29,31-33H2,1-2H3,(H,43,49)(H,50,51,52)/b30-28+. The summed E-state index contributed by atoms with van der Waals surface area (Å²) >= 11 is 0. The van der Waals surface area contributed by atoms with Crippen LogP contribution < -0.4 is 5.32 Å². The number of aliphatic hydroxyl groups excluding tert-OH is 5. The van der Waals surface area contributed by atoms with E-state index in [9.17, 15) is 38.7 Å². The van der Waals surface area contributed by atoms with Crippen molar-refractivity contribution in [3.8, 4) is 0 Å². The number of allylic oxidation sites excluding steroid dienone is 1. The van der Waals surface area contributed by atoms with Crippen LogP contribution in [0.1, 0.15) is 187 Å². The summed E-state index contributed by atoms with van der Waals surface area (Å²) in [5.41, 5.74) is 0. The Morgan fingerprint density at radius 1 is 0.714 bits per heavy atom. The molecule has 0 bridgehead atoms. The number of carbonyl (C=O) groups excluding carboxylic acids is 1. The van der Waals surface area contributed by atoms with Gasteiger partial charge < -0.3 is 40.3 Å². The van der Waals surface area contributed by atoms with Crippen molar-refractivity contribution in [2.75, 3.05) is 13.2 Å². The van der Waals surface area contributed by atoms with Gasteiger partial charge in [0.2, 0.25) is 5.91 Å². The van der Waals surface area contributed by atoms with Crippen molar-refractivity contribution in [1.29, 1.82) is 0 Å². The van der Waals surface area contributed by atoms with Crippen LogP contribution >= 0.6 is 0 Å². The second-order valence-corrected chi connectivity index (χ2v) is 16.8. The topological polar surface area (TPSA) is 212 Å². The van der Waals surface area contributed by atoms with Gasteiger partial charge in [-0.05, 0) is 19.3 Å². The van der Waals surface area contributed by atoms with E-state index in [-0.39, 0.29) is 6.42 Å². The van der Waals surface area contributed by atoms with Crippen molar-refractivity contribution < 1.29 is 57.0 Å². The van der Waals surface area contributed by atoms with Gasteiger partial charge in [-0.1, -0.05) is 180 Å². The lowest BCUT2D eigenvalue weighted by atomic mass is 9.99. The number of aliphatic hydroxyl groups is 5. The Labute approximate surface area is 339 Å². The minimum Gasteiger partial charge on any atom is -0.394 e. The average Bonchev–Trinajstić information content (AvgIpc) is 3.16. The van der Waals surface area contributed by atoms with Crippen molar-refractivity contribution >= 4 is 16.3 Å². The number of ether oxygens (including phenoxy) is 2. The maximum absolute atomic E-state index is 13.0. The van der Waals surface area contributed by atoms with Crippen LogP contribution in [0.2, 0.25) is 0 Å². The van der Waals surface area contributed by atoms with Gasteiger partial charge in [-0.25, -0.2) is 4.18 Å². The van der Waals surface area contributed by atoms with Crippen molar-refractivity contribution in [3.05, 3.63) is 12.2 Å². The maximum atomic E-state index is 13.0. The van der Waals surface area contributed by atoms with E-state index in [2.05, 4.69) is 23.3 Å². The first-order valence-corrected chi connectivity index (χ1v) is 23.5. The third-order valence-electron chi connectivity index (χ3n) is 10.7. The molecule has 1 aliphatic heterocycles. The van der Waals surface area contributed by atoms with Crippen LogP contribution in [0.5, 0.6) is 0 Å². The van der Waals surface area contributed by atoms with E-state index < -0.39 is 78.5 Å². The largest absolute Gasteiger partial charge is 0.397 e. The predicted molar refractivity (Wildman–Crippen MR) is 219 cm³/mol. The summed E-state index contributed by atoms with van der Waals surface area (Å²) in [7, 11) is -5.11. The molecular formula is C42H81NO12S. The van der Waals surface area contributed by atoms with Crippen molar-refractivity contribution in [2.45, 2.75) is 236 Å². The van der Waals surface area contributed by atoms with E-state index in [0.717, 1.165) is 38.5 Å². The Morgan fingerprint density at radius 2 is 1.16 bits per heavy atom. The van der Waals surface area contributed by atoms with Gasteiger partial charge in [-0.3, -0.25) is 9.35 Å². The Bertz CT molecular complexity index is 1080. The average molecular weight is 824 g/mol. The highest BCUT2D eigenvalue weighted by molar-refractivity contribution is 7.80. The SMILES string of the molecule is CCCCCCCCCCCCCCCCCCC/C=C/C(O)C(COC1OC(CO)C(O)C(OS(=O)(=O)O)C1O)NC(=O)C(O)CCCCCCCCCC. The van der Waals surface area contributed by atoms with Gasteiger partial charge in [0.15, 0.2) is 6.29 Å². The van der Waals surface area contributed by atoms with E-state index in [0.29, 0.717) is 12.8 Å². The van der Waals surface area contributed by atoms with Gasteiger partial charge >= 0.3 is 10.4 Å². The maximum Gasteiger partial charge on any atom is 0.397 e. The molecule has 8 atom stereocenters. The predicted octanol–water partition coefficient (Wildman–Crippen LogP) is 6.97. The van der Waals surface area contributed by atoms with Crippen molar-refractivity contribution in [1.82, 2.24) is 5.32 Å². The van der Waals surface area contributed by atoms with Gasteiger partial charge in [-0.2, -0.15) is 8.42 Å². The number of hydrogen-bond donors (Lipinski definition) is 7. The fourth-order valence-electron chi connectivity index (χ4n) is 7.11. The second kappa shape index (κ2) is 33.6. The summed E-state index contributed by atoms with van der Waals surface area (Å²) < 4.78 is 47.4. The quantitative estimate of drug-likeness (QED) is 0.0192. The zero-order chi connectivity index (χ0) is 41.4. The van der Waals surface area contributed by atoms with Gasteiger partial charge in [0, 0.05) is 0 Å². The Kier molecular flexibility index (Phi) is 31.7. The summed E-state index contributed by atoms with van der Waals surface area (Å²) in [6.07, 6.45) is 23.2. The molecule has 1 heterocycles. The van der Waals surface area contributed by atoms with Crippen LogP contribution in [0.25, 0.3) is 0 Å². The van der Waals surface area contributed by atoms with Gasteiger partial charge in [-0.15, -0.1) is 0 Å². The molecule has 8 unspecified atom stereocenters. The fraction of sp³-hybridized carbons (Fsp3) is 0.929. The molecule has 56 heavy (non-hydrogen) atoms. The van der Waals surface area contributed by atoms with E-state index in [4.69, 9.17) is 14.0 Å². The molecule has 0 saturated carbocycles. The third-order valence-corrected chi connectivity index (χ3v) is 11.1. The molecule has 13 nitrogen and oxygen atoms in total. The molecule has 0 radical (unpaired) electrons. The monoisotopic (exact) mass is 824 g/mol. The summed E-state index contributed by atoms with van der Waals surface area (Å²) in [6, 6.07) is -1.11. The third kappa shape index (κ3) is 26.0. The van der Waals surface area contributed by atoms with Crippen LogP contribution in [-0.4, -0.2) is 107 Å². The molecule has 0 spiro atoms. The van der Waals surface area contributed by atoms with Crippen LogP contribution in [0.15, 0.2) is 12.2 Å². The summed E-state index contributed by atoms with van der Waals surface area (Å²) in [5.74, 6) is -0.705. The zero-order valence-electron chi connectivity index (χ0n) is 34.8. The molecule has 7 N–H and O–H groups in total. The Hall–Kier alpha value is -1.20. The van der Waals surface area contributed by atoms with Gasteiger partial charge in [0.1, 0.15) is 30.5 Å². The Morgan fingerprint density at radius 3 is 1.61 bits per heavy atom. The van der Waals surface area contributed by atoms with Crippen molar-refractivity contribution in [2.24, 2.45) is 0 Å². The molecular weight excluding hydrogens is 743 g/mol. The van der Waals surface area contributed by atoms with Crippen LogP contribution in [-0.2, 0) is 28.9 Å². The highest BCUT2D eigenvalue weighted by atomic mass is 32.3. The highest BCUT2D eigenvalue weighted by Crippen LogP contribution is 2.26. The molecule has 1 aliphatic rings. The Balaban J connectivity index is 2.57. The molecule has 1 saturated heterocycles. The normalized spacial score (nSPS) is 22.0. The lowest BCUT2D eigenvalue weighted by Gasteiger charge is -2.41. The number of amides is 1. The summed E-state index contributed by atoms with van der Waals surface area (Å²) in [6.45, 7) is 3.17. The fourth-order valence-corrected chi connectivity index (χ4v) is 7.62. The lowest BCUT2D eigenvalue weighted by Crippen LogP contribution is -2.61. The zero-order valence-corrected chi connectivity index (χ0v) is 35.6. The number of rotatable bonds is 37. The molecule has 0 aliphatic carbocycles. The van der Waals surface area contributed by atoms with Crippen LogP contribution in [0.3, 0.4) is 0 Å². The van der Waals surface area contributed by atoms with Crippen molar-refractivity contribution in [3.63, 3.8) is 0 Å². The number of carbonyl (C=O) groups is 1. The molecule has 1 amide bonds. The molecule has 1 fully saturated rings. The van der Waals surface area contributed by atoms with E-state index in [1.807, 2.05) is 6.08 Å². The number of hydrogen-bond acceptors (Lipinski definition) is 11. The first kappa shape index (κ1) is 52.8. The number of unbranched alkanes of at least 4 members (excludes halogenated alkanes) is 24. The van der Waals surface area contributed by atoms with Crippen LogP contribution in [0.4, 0.5) is 0 Å². The van der Waals surface area contributed by atoms with Crippen LogP contribution in [0, 0.1) is 0 Å². The lowest BCUT2D eigenvalue weighted by molar-refractivity contribution is -0.298. The van der Waals surface area contributed by atoms with E-state index >= 15 is 0 Å².